The van der Waals surface area contributed by atoms with E-state index in [1.807, 2.05) is 18.2 Å². The van der Waals surface area contributed by atoms with E-state index in [4.69, 9.17) is 0 Å². The second kappa shape index (κ2) is 6.64. The van der Waals surface area contributed by atoms with Crippen molar-refractivity contribution in [2.75, 3.05) is 18.0 Å². The third-order valence-electron chi connectivity index (χ3n) is 4.18. The SMILES string of the molecule is C[C@H](C(=O)NCC(=O)N1CCCc2ccccc21)n1ccnc1. The molecule has 1 aromatic carbocycles. The number of amides is 2. The predicted octanol–water partition coefficient (Wildman–Crippen LogP) is 1.54. The van der Waals surface area contributed by atoms with Gasteiger partial charge in [0.1, 0.15) is 6.04 Å². The van der Waals surface area contributed by atoms with E-state index in [0.29, 0.717) is 6.54 Å². The van der Waals surface area contributed by atoms with Crippen molar-refractivity contribution in [2.45, 2.75) is 25.8 Å². The highest BCUT2D eigenvalue weighted by Crippen LogP contribution is 2.26. The Morgan fingerprint density at radius 2 is 2.17 bits per heavy atom. The fourth-order valence-electron chi connectivity index (χ4n) is 2.83. The van der Waals surface area contributed by atoms with E-state index in [0.717, 1.165) is 18.5 Å². The van der Waals surface area contributed by atoms with Gasteiger partial charge in [0, 0.05) is 24.6 Å². The molecule has 6 heteroatoms. The molecule has 2 heterocycles. The molecule has 23 heavy (non-hydrogen) atoms. The van der Waals surface area contributed by atoms with Gasteiger partial charge in [0.15, 0.2) is 0 Å². The number of fused-ring (bicyclic) bond motifs is 1. The molecule has 0 radical (unpaired) electrons. The number of carbonyl (C=O) groups is 2. The maximum absolute atomic E-state index is 12.5. The first-order valence-electron chi connectivity index (χ1n) is 7.80. The standard InChI is InChI=1S/C17H20N4O2/c1-13(20-10-8-18-12-20)17(23)19-11-16(22)21-9-4-6-14-5-2-3-7-15(14)21/h2-3,5,7-8,10,12-13H,4,6,9,11H2,1H3,(H,19,23)/t13-/m1/s1. The third kappa shape index (κ3) is 3.26. The van der Waals surface area contributed by atoms with Crippen LogP contribution in [0.5, 0.6) is 0 Å². The number of anilines is 1. The lowest BCUT2D eigenvalue weighted by Gasteiger charge is -2.29. The Morgan fingerprint density at radius 1 is 1.35 bits per heavy atom. The van der Waals surface area contributed by atoms with Gasteiger partial charge in [-0.3, -0.25) is 9.59 Å². The summed E-state index contributed by atoms with van der Waals surface area (Å²) in [5.74, 6) is -0.273. The average molecular weight is 312 g/mol. The molecule has 0 aliphatic carbocycles. The van der Waals surface area contributed by atoms with Crippen molar-refractivity contribution in [3.05, 3.63) is 48.5 Å². The molecule has 0 saturated carbocycles. The molecule has 3 rings (SSSR count). The number of para-hydroxylation sites is 1. The van der Waals surface area contributed by atoms with E-state index in [1.165, 1.54) is 5.56 Å². The highest BCUT2D eigenvalue weighted by molar-refractivity contribution is 5.98. The van der Waals surface area contributed by atoms with Crippen molar-refractivity contribution >= 4 is 17.5 Å². The number of imidazole rings is 1. The fraction of sp³-hybridized carbons (Fsp3) is 0.353. The van der Waals surface area contributed by atoms with E-state index in [2.05, 4.69) is 16.4 Å². The lowest BCUT2D eigenvalue weighted by molar-refractivity contribution is -0.127. The van der Waals surface area contributed by atoms with Crippen LogP contribution in [0, 0.1) is 0 Å². The molecule has 2 amide bonds. The van der Waals surface area contributed by atoms with Crippen molar-refractivity contribution in [1.82, 2.24) is 14.9 Å². The molecule has 1 aliphatic heterocycles. The highest BCUT2D eigenvalue weighted by Gasteiger charge is 2.23. The fourth-order valence-corrected chi connectivity index (χ4v) is 2.83. The first-order valence-corrected chi connectivity index (χ1v) is 7.80. The molecule has 1 aromatic heterocycles. The Kier molecular flexibility index (Phi) is 4.41. The van der Waals surface area contributed by atoms with Crippen molar-refractivity contribution < 1.29 is 9.59 Å². The van der Waals surface area contributed by atoms with Crippen LogP contribution in [0.2, 0.25) is 0 Å². The van der Waals surface area contributed by atoms with Gasteiger partial charge < -0.3 is 14.8 Å². The number of rotatable bonds is 4. The number of hydrogen-bond acceptors (Lipinski definition) is 3. The molecule has 0 bridgehead atoms. The van der Waals surface area contributed by atoms with Gasteiger partial charge in [0.25, 0.3) is 0 Å². The third-order valence-corrected chi connectivity index (χ3v) is 4.18. The summed E-state index contributed by atoms with van der Waals surface area (Å²) in [6.07, 6.45) is 6.88. The van der Waals surface area contributed by atoms with Gasteiger partial charge in [0.2, 0.25) is 11.8 Å². The summed E-state index contributed by atoms with van der Waals surface area (Å²) in [6, 6.07) is 7.54. The zero-order valence-corrected chi connectivity index (χ0v) is 13.1. The summed E-state index contributed by atoms with van der Waals surface area (Å²) >= 11 is 0. The first-order chi connectivity index (χ1) is 11.2. The summed E-state index contributed by atoms with van der Waals surface area (Å²) < 4.78 is 1.70. The summed E-state index contributed by atoms with van der Waals surface area (Å²) in [5.41, 5.74) is 2.14. The number of benzene rings is 1. The van der Waals surface area contributed by atoms with Crippen LogP contribution in [0.25, 0.3) is 0 Å². The van der Waals surface area contributed by atoms with Crippen LogP contribution in [-0.2, 0) is 16.0 Å². The molecule has 2 aromatic rings. The zero-order chi connectivity index (χ0) is 16.2. The highest BCUT2D eigenvalue weighted by atomic mass is 16.2. The summed E-state index contributed by atoms with van der Waals surface area (Å²) in [4.78, 5) is 30.3. The van der Waals surface area contributed by atoms with Crippen LogP contribution in [0.4, 0.5) is 5.69 Å². The molecular weight excluding hydrogens is 292 g/mol. The Labute approximate surface area is 135 Å². The van der Waals surface area contributed by atoms with Crippen molar-refractivity contribution in [3.63, 3.8) is 0 Å². The van der Waals surface area contributed by atoms with Crippen LogP contribution < -0.4 is 10.2 Å². The minimum Gasteiger partial charge on any atom is -0.345 e. The molecule has 0 fully saturated rings. The van der Waals surface area contributed by atoms with Crippen LogP contribution in [0.1, 0.15) is 24.9 Å². The Morgan fingerprint density at radius 3 is 2.96 bits per heavy atom. The quantitative estimate of drug-likeness (QED) is 0.931. The Bertz CT molecular complexity index is 696. The molecule has 1 atom stereocenters. The Balaban J connectivity index is 1.61. The summed E-state index contributed by atoms with van der Waals surface area (Å²) in [7, 11) is 0. The maximum atomic E-state index is 12.5. The van der Waals surface area contributed by atoms with Gasteiger partial charge in [-0.2, -0.15) is 0 Å². The topological polar surface area (TPSA) is 67.2 Å². The van der Waals surface area contributed by atoms with Crippen molar-refractivity contribution in [1.29, 1.82) is 0 Å². The Hall–Kier alpha value is -2.63. The van der Waals surface area contributed by atoms with Gasteiger partial charge >= 0.3 is 0 Å². The molecule has 1 N–H and O–H groups in total. The number of aromatic nitrogens is 2. The monoisotopic (exact) mass is 312 g/mol. The smallest absolute Gasteiger partial charge is 0.246 e. The summed E-state index contributed by atoms with van der Waals surface area (Å²) in [6.45, 7) is 2.48. The van der Waals surface area contributed by atoms with Crippen LogP contribution >= 0.6 is 0 Å². The minimum atomic E-state index is -0.390. The lowest BCUT2D eigenvalue weighted by atomic mass is 10.0. The maximum Gasteiger partial charge on any atom is 0.246 e. The second-order valence-corrected chi connectivity index (χ2v) is 5.68. The molecule has 1 aliphatic rings. The zero-order valence-electron chi connectivity index (χ0n) is 13.1. The number of nitrogens with one attached hydrogen (secondary N) is 1. The average Bonchev–Trinajstić information content (AvgIpc) is 3.12. The van der Waals surface area contributed by atoms with Gasteiger partial charge in [-0.25, -0.2) is 4.98 Å². The van der Waals surface area contributed by atoms with Gasteiger partial charge in [-0.1, -0.05) is 18.2 Å². The lowest BCUT2D eigenvalue weighted by Crippen LogP contribution is -2.43. The number of carbonyl (C=O) groups excluding carboxylic acids is 2. The molecule has 0 saturated heterocycles. The second-order valence-electron chi connectivity index (χ2n) is 5.68. The molecule has 0 unspecified atom stereocenters. The van der Waals surface area contributed by atoms with E-state index in [-0.39, 0.29) is 24.4 Å². The largest absolute Gasteiger partial charge is 0.345 e. The number of hydrogen-bond donors (Lipinski definition) is 1. The van der Waals surface area contributed by atoms with Gasteiger partial charge in [-0.05, 0) is 31.4 Å². The van der Waals surface area contributed by atoms with E-state index in [1.54, 1.807) is 35.1 Å². The van der Waals surface area contributed by atoms with Crippen LogP contribution in [0.15, 0.2) is 43.0 Å². The van der Waals surface area contributed by atoms with Crippen molar-refractivity contribution in [2.24, 2.45) is 0 Å². The van der Waals surface area contributed by atoms with Crippen LogP contribution in [-0.4, -0.2) is 34.5 Å². The minimum absolute atomic E-state index is 0.00616. The normalized spacial score (nSPS) is 14.9. The first kappa shape index (κ1) is 15.3. The van der Waals surface area contributed by atoms with E-state index in [9.17, 15) is 9.59 Å². The molecule has 120 valence electrons. The van der Waals surface area contributed by atoms with Gasteiger partial charge in [0.05, 0.1) is 12.9 Å². The van der Waals surface area contributed by atoms with Gasteiger partial charge in [-0.15, -0.1) is 0 Å². The molecule has 0 spiro atoms. The van der Waals surface area contributed by atoms with Crippen LogP contribution in [0.3, 0.4) is 0 Å². The predicted molar refractivity (Wildman–Crippen MR) is 87.1 cm³/mol. The number of aryl methyl sites for hydroxylation is 1. The van der Waals surface area contributed by atoms with Crippen molar-refractivity contribution in [3.8, 4) is 0 Å². The van der Waals surface area contributed by atoms with E-state index < -0.39 is 0 Å². The molecular formula is C17H20N4O2. The molecule has 6 nitrogen and oxygen atoms in total. The van der Waals surface area contributed by atoms with E-state index >= 15 is 0 Å². The summed E-state index contributed by atoms with van der Waals surface area (Å²) in [5, 5.41) is 2.72. The number of nitrogens with zero attached hydrogens (tertiary/aromatic N) is 3.